The second-order valence-corrected chi connectivity index (χ2v) is 7.00. The molecule has 0 amide bonds. The van der Waals surface area contributed by atoms with Gasteiger partial charge in [-0.2, -0.15) is 0 Å². The lowest BCUT2D eigenvalue weighted by Crippen LogP contribution is -2.12. The Hall–Kier alpha value is -1.85. The van der Waals surface area contributed by atoms with Crippen molar-refractivity contribution in [2.24, 2.45) is 5.14 Å². The minimum absolute atomic E-state index is 0.127. The molecule has 0 atom stereocenters. The predicted octanol–water partition coefficient (Wildman–Crippen LogP) is 2.82. The van der Waals surface area contributed by atoms with Gasteiger partial charge >= 0.3 is 0 Å². The molecular weight excluding hydrogens is 284 g/mol. The summed E-state index contributed by atoms with van der Waals surface area (Å²) < 4.78 is 22.3. The molecule has 0 radical (unpaired) electrons. The first-order valence-corrected chi connectivity index (χ1v) is 8.52. The molecule has 0 aliphatic heterocycles. The number of sulfonamides is 1. The Bertz CT molecular complexity index is 718. The van der Waals surface area contributed by atoms with Gasteiger partial charge in [0.25, 0.3) is 0 Å². The summed E-state index contributed by atoms with van der Waals surface area (Å²) in [5, 5.41) is 8.34. The molecule has 1 aliphatic rings. The lowest BCUT2D eigenvalue weighted by Gasteiger charge is -2.08. The van der Waals surface area contributed by atoms with Crippen LogP contribution in [0.1, 0.15) is 29.9 Å². The highest BCUT2D eigenvalue weighted by molar-refractivity contribution is 7.89. The summed E-state index contributed by atoms with van der Waals surface area (Å²) in [5.41, 5.74) is 3.50. The average Bonchev–Trinajstić information content (AvgIpc) is 3.30. The maximum absolute atomic E-state index is 11.2. The highest BCUT2D eigenvalue weighted by Gasteiger charge is 2.22. The van der Waals surface area contributed by atoms with E-state index in [2.05, 4.69) is 29.6 Å². The Kier molecular flexibility index (Phi) is 3.69. The van der Waals surface area contributed by atoms with Crippen molar-refractivity contribution in [1.82, 2.24) is 0 Å². The summed E-state index contributed by atoms with van der Waals surface area (Å²) in [7, 11) is -3.62. The van der Waals surface area contributed by atoms with Crippen LogP contribution < -0.4 is 10.5 Å². The van der Waals surface area contributed by atoms with E-state index in [1.807, 2.05) is 0 Å². The van der Waals surface area contributed by atoms with Crippen LogP contribution in [0.15, 0.2) is 53.4 Å². The Balaban J connectivity index is 1.61. The van der Waals surface area contributed by atoms with Crippen molar-refractivity contribution in [2.45, 2.75) is 30.2 Å². The number of nitrogens with two attached hydrogens (primary N) is 1. The SMILES string of the molecule is NS(=O)(=O)c1ccc(NCc2ccc(C3CC3)cc2)cc1. The standard InChI is InChI=1S/C16H18N2O2S/c17-21(19,20)16-9-7-15(8-10-16)18-11-12-1-3-13(4-2-12)14-5-6-14/h1-4,7-10,14,18H,5-6,11H2,(H2,17,19,20). The van der Waals surface area contributed by atoms with Crippen molar-refractivity contribution in [2.75, 3.05) is 5.32 Å². The number of anilines is 1. The Morgan fingerprint density at radius 1 is 1.00 bits per heavy atom. The summed E-state index contributed by atoms with van der Waals surface area (Å²) in [6, 6.07) is 15.1. The lowest BCUT2D eigenvalue weighted by molar-refractivity contribution is 0.598. The van der Waals surface area contributed by atoms with Crippen LogP contribution in [-0.2, 0) is 16.6 Å². The normalized spacial score (nSPS) is 14.9. The average molecular weight is 302 g/mol. The zero-order valence-electron chi connectivity index (χ0n) is 11.6. The number of nitrogens with one attached hydrogen (secondary N) is 1. The van der Waals surface area contributed by atoms with Gasteiger partial charge in [0.1, 0.15) is 0 Å². The second-order valence-electron chi connectivity index (χ2n) is 5.44. The van der Waals surface area contributed by atoms with Crippen LogP contribution in [0.25, 0.3) is 0 Å². The van der Waals surface area contributed by atoms with Crippen molar-refractivity contribution in [3.63, 3.8) is 0 Å². The monoisotopic (exact) mass is 302 g/mol. The first-order valence-electron chi connectivity index (χ1n) is 6.98. The molecule has 0 aromatic heterocycles. The molecule has 0 heterocycles. The summed E-state index contributed by atoms with van der Waals surface area (Å²) >= 11 is 0. The van der Waals surface area contributed by atoms with Crippen LogP contribution >= 0.6 is 0 Å². The minimum atomic E-state index is -3.62. The highest BCUT2D eigenvalue weighted by atomic mass is 32.2. The van der Waals surface area contributed by atoms with Gasteiger partial charge in [-0.3, -0.25) is 0 Å². The van der Waals surface area contributed by atoms with Gasteiger partial charge < -0.3 is 5.32 Å². The first kappa shape index (κ1) is 14.1. The molecule has 3 N–H and O–H groups in total. The summed E-state index contributed by atoms with van der Waals surface area (Å²) in [5.74, 6) is 0.776. The zero-order chi connectivity index (χ0) is 14.9. The molecule has 0 bridgehead atoms. The first-order chi connectivity index (χ1) is 10.0. The van der Waals surface area contributed by atoms with Crippen LogP contribution in [0.2, 0.25) is 0 Å². The quantitative estimate of drug-likeness (QED) is 0.892. The molecule has 0 unspecified atom stereocenters. The third-order valence-electron chi connectivity index (χ3n) is 3.71. The molecule has 2 aromatic rings. The third-order valence-corrected chi connectivity index (χ3v) is 4.64. The van der Waals surface area contributed by atoms with Gasteiger partial charge in [0.15, 0.2) is 0 Å². The number of primary sulfonamides is 1. The van der Waals surface area contributed by atoms with Gasteiger partial charge in [-0.15, -0.1) is 0 Å². The molecule has 0 saturated heterocycles. The van der Waals surface area contributed by atoms with Crippen molar-refractivity contribution in [3.8, 4) is 0 Å². The van der Waals surface area contributed by atoms with Crippen molar-refractivity contribution >= 4 is 15.7 Å². The van der Waals surface area contributed by atoms with Crippen LogP contribution in [0.3, 0.4) is 0 Å². The topological polar surface area (TPSA) is 72.2 Å². The van der Waals surface area contributed by atoms with Crippen LogP contribution in [0, 0.1) is 0 Å². The van der Waals surface area contributed by atoms with Gasteiger partial charge in [0, 0.05) is 12.2 Å². The van der Waals surface area contributed by atoms with E-state index in [1.165, 1.54) is 36.1 Å². The minimum Gasteiger partial charge on any atom is -0.381 e. The van der Waals surface area contributed by atoms with Gasteiger partial charge in [0.2, 0.25) is 10.0 Å². The largest absolute Gasteiger partial charge is 0.381 e. The van der Waals surface area contributed by atoms with E-state index in [-0.39, 0.29) is 4.90 Å². The number of rotatable bonds is 5. The molecule has 110 valence electrons. The zero-order valence-corrected chi connectivity index (χ0v) is 12.4. The summed E-state index contributed by atoms with van der Waals surface area (Å²) in [4.78, 5) is 0.127. The third kappa shape index (κ3) is 3.62. The summed E-state index contributed by atoms with van der Waals surface area (Å²) in [6.07, 6.45) is 2.63. The maximum Gasteiger partial charge on any atom is 0.238 e. The molecule has 21 heavy (non-hydrogen) atoms. The highest BCUT2D eigenvalue weighted by Crippen LogP contribution is 2.39. The molecule has 1 fully saturated rings. The molecule has 3 rings (SSSR count). The molecule has 1 aliphatic carbocycles. The Morgan fingerprint density at radius 3 is 2.14 bits per heavy atom. The van der Waals surface area contributed by atoms with Crippen LogP contribution in [-0.4, -0.2) is 8.42 Å². The fourth-order valence-electron chi connectivity index (χ4n) is 2.29. The summed E-state index contributed by atoms with van der Waals surface area (Å²) in [6.45, 7) is 0.708. The van der Waals surface area contributed by atoms with E-state index in [0.29, 0.717) is 6.54 Å². The van der Waals surface area contributed by atoms with E-state index in [1.54, 1.807) is 12.1 Å². The molecule has 0 spiro atoms. The molecule has 5 heteroatoms. The molecular formula is C16H18N2O2S. The van der Waals surface area contributed by atoms with Gasteiger partial charge in [-0.05, 0) is 54.2 Å². The van der Waals surface area contributed by atoms with Crippen molar-refractivity contribution < 1.29 is 8.42 Å². The number of benzene rings is 2. The van der Waals surface area contributed by atoms with Crippen LogP contribution in [0.4, 0.5) is 5.69 Å². The van der Waals surface area contributed by atoms with E-state index >= 15 is 0 Å². The van der Waals surface area contributed by atoms with Crippen molar-refractivity contribution in [1.29, 1.82) is 0 Å². The number of hydrogen-bond donors (Lipinski definition) is 2. The van der Waals surface area contributed by atoms with E-state index < -0.39 is 10.0 Å². The fourth-order valence-corrected chi connectivity index (χ4v) is 2.81. The smallest absolute Gasteiger partial charge is 0.238 e. The van der Waals surface area contributed by atoms with Gasteiger partial charge in [-0.1, -0.05) is 24.3 Å². The maximum atomic E-state index is 11.2. The Labute approximate surface area is 125 Å². The molecule has 4 nitrogen and oxygen atoms in total. The molecule has 2 aromatic carbocycles. The van der Waals surface area contributed by atoms with Crippen LogP contribution in [0.5, 0.6) is 0 Å². The second kappa shape index (κ2) is 5.50. The number of hydrogen-bond acceptors (Lipinski definition) is 3. The predicted molar refractivity (Wildman–Crippen MR) is 83.6 cm³/mol. The van der Waals surface area contributed by atoms with Crippen molar-refractivity contribution in [3.05, 3.63) is 59.7 Å². The van der Waals surface area contributed by atoms with E-state index in [4.69, 9.17) is 5.14 Å². The molecule has 1 saturated carbocycles. The Morgan fingerprint density at radius 2 is 1.62 bits per heavy atom. The lowest BCUT2D eigenvalue weighted by atomic mass is 10.1. The fraction of sp³-hybridized carbons (Fsp3) is 0.250. The van der Waals surface area contributed by atoms with Gasteiger partial charge in [-0.25, -0.2) is 13.6 Å². The van der Waals surface area contributed by atoms with E-state index in [9.17, 15) is 8.42 Å². The van der Waals surface area contributed by atoms with Gasteiger partial charge in [0.05, 0.1) is 4.90 Å². The van der Waals surface area contributed by atoms with E-state index in [0.717, 1.165) is 11.6 Å².